The normalized spacial score (nSPS) is 24.2. The first kappa shape index (κ1) is 10.5. The summed E-state index contributed by atoms with van der Waals surface area (Å²) in [4.78, 5) is 2.29. The summed E-state index contributed by atoms with van der Waals surface area (Å²) in [5.41, 5.74) is 1.47. The number of aliphatic hydroxyl groups is 1. The van der Waals surface area contributed by atoms with E-state index < -0.39 is 0 Å². The third-order valence-electron chi connectivity index (χ3n) is 2.60. The quantitative estimate of drug-likeness (QED) is 0.666. The van der Waals surface area contributed by atoms with Crippen LogP contribution in [0.4, 0.5) is 0 Å². The van der Waals surface area contributed by atoms with Crippen LogP contribution in [0.5, 0.6) is 0 Å². The summed E-state index contributed by atoms with van der Waals surface area (Å²) in [6, 6.07) is 0.391. The Kier molecular flexibility index (Phi) is 4.19. The van der Waals surface area contributed by atoms with Gasteiger partial charge in [-0.1, -0.05) is 17.7 Å². The minimum absolute atomic E-state index is 0.298. The molecule has 2 nitrogen and oxygen atoms in total. The SMILES string of the molecule is C=CC1C=C(CCCO)CCN1C. The molecule has 0 saturated carbocycles. The monoisotopic (exact) mass is 181 g/mol. The zero-order valence-corrected chi connectivity index (χ0v) is 8.37. The summed E-state index contributed by atoms with van der Waals surface area (Å²) in [5, 5.41) is 8.71. The summed E-state index contributed by atoms with van der Waals surface area (Å²) in [6.07, 6.45) is 7.30. The van der Waals surface area contributed by atoms with Gasteiger partial charge in [0.2, 0.25) is 0 Å². The number of hydrogen-bond donors (Lipinski definition) is 1. The van der Waals surface area contributed by atoms with Crippen LogP contribution in [-0.2, 0) is 0 Å². The Bertz CT molecular complexity index is 198. The lowest BCUT2D eigenvalue weighted by molar-refractivity contribution is 0.280. The van der Waals surface area contributed by atoms with Crippen LogP contribution in [0.1, 0.15) is 19.3 Å². The van der Waals surface area contributed by atoms with E-state index >= 15 is 0 Å². The molecule has 1 aliphatic rings. The van der Waals surface area contributed by atoms with Crippen molar-refractivity contribution < 1.29 is 5.11 Å². The number of likely N-dealkylation sites (N-methyl/N-ethyl adjacent to an activating group) is 1. The fourth-order valence-electron chi connectivity index (χ4n) is 1.68. The molecule has 0 aromatic heterocycles. The molecule has 74 valence electrons. The van der Waals surface area contributed by atoms with Crippen LogP contribution in [0.25, 0.3) is 0 Å². The van der Waals surface area contributed by atoms with Crippen molar-refractivity contribution in [2.45, 2.75) is 25.3 Å². The molecule has 1 aliphatic heterocycles. The van der Waals surface area contributed by atoms with Crippen LogP contribution in [0.15, 0.2) is 24.3 Å². The van der Waals surface area contributed by atoms with Gasteiger partial charge in [-0.2, -0.15) is 0 Å². The van der Waals surface area contributed by atoms with Crippen LogP contribution in [0, 0.1) is 0 Å². The van der Waals surface area contributed by atoms with Gasteiger partial charge in [-0.3, -0.25) is 4.90 Å². The van der Waals surface area contributed by atoms with Crippen molar-refractivity contribution in [3.63, 3.8) is 0 Å². The molecule has 1 N–H and O–H groups in total. The largest absolute Gasteiger partial charge is 0.396 e. The molecular weight excluding hydrogens is 162 g/mol. The zero-order chi connectivity index (χ0) is 9.68. The first-order valence-electron chi connectivity index (χ1n) is 4.91. The highest BCUT2D eigenvalue weighted by Gasteiger charge is 2.14. The zero-order valence-electron chi connectivity index (χ0n) is 8.37. The van der Waals surface area contributed by atoms with Gasteiger partial charge in [0.25, 0.3) is 0 Å². The third kappa shape index (κ3) is 2.98. The van der Waals surface area contributed by atoms with Crippen LogP contribution in [-0.4, -0.2) is 36.2 Å². The summed E-state index contributed by atoms with van der Waals surface area (Å²) in [7, 11) is 2.12. The Morgan fingerprint density at radius 3 is 3.15 bits per heavy atom. The second-order valence-corrected chi connectivity index (χ2v) is 3.61. The third-order valence-corrected chi connectivity index (χ3v) is 2.60. The first-order valence-corrected chi connectivity index (χ1v) is 4.91. The molecule has 1 rings (SSSR count). The Balaban J connectivity index is 2.50. The van der Waals surface area contributed by atoms with Gasteiger partial charge >= 0.3 is 0 Å². The first-order chi connectivity index (χ1) is 6.27. The lowest BCUT2D eigenvalue weighted by atomic mass is 9.99. The second-order valence-electron chi connectivity index (χ2n) is 3.61. The average molecular weight is 181 g/mol. The smallest absolute Gasteiger partial charge is 0.0458 e. The lowest BCUT2D eigenvalue weighted by Gasteiger charge is -2.29. The van der Waals surface area contributed by atoms with Crippen molar-refractivity contribution in [1.82, 2.24) is 4.90 Å². The van der Waals surface area contributed by atoms with Gasteiger partial charge in [0.15, 0.2) is 0 Å². The van der Waals surface area contributed by atoms with E-state index in [1.54, 1.807) is 0 Å². The molecule has 2 heteroatoms. The molecule has 1 heterocycles. The predicted octanol–water partition coefficient (Wildman–Crippen LogP) is 1.58. The average Bonchev–Trinajstić information content (AvgIpc) is 2.16. The van der Waals surface area contributed by atoms with Crippen molar-refractivity contribution in [3.8, 4) is 0 Å². The summed E-state index contributed by atoms with van der Waals surface area (Å²) in [6.45, 7) is 5.22. The van der Waals surface area contributed by atoms with Crippen LogP contribution in [0.3, 0.4) is 0 Å². The summed E-state index contributed by atoms with van der Waals surface area (Å²) in [5.74, 6) is 0. The maximum absolute atomic E-state index is 8.71. The second kappa shape index (κ2) is 5.20. The fraction of sp³-hybridized carbons (Fsp3) is 0.636. The molecule has 0 amide bonds. The summed E-state index contributed by atoms with van der Waals surface area (Å²) >= 11 is 0. The van der Waals surface area contributed by atoms with Gasteiger partial charge in [0, 0.05) is 19.2 Å². The van der Waals surface area contributed by atoms with Gasteiger partial charge < -0.3 is 5.11 Å². The van der Waals surface area contributed by atoms with Crippen molar-refractivity contribution in [3.05, 3.63) is 24.3 Å². The van der Waals surface area contributed by atoms with Crippen LogP contribution < -0.4 is 0 Å². The molecule has 0 saturated heterocycles. The Morgan fingerprint density at radius 2 is 2.54 bits per heavy atom. The summed E-state index contributed by atoms with van der Waals surface area (Å²) < 4.78 is 0. The van der Waals surface area contributed by atoms with Gasteiger partial charge in [-0.15, -0.1) is 6.58 Å². The van der Waals surface area contributed by atoms with Crippen LogP contribution >= 0.6 is 0 Å². The van der Waals surface area contributed by atoms with Crippen molar-refractivity contribution in [2.24, 2.45) is 0 Å². The van der Waals surface area contributed by atoms with E-state index in [9.17, 15) is 0 Å². The highest BCUT2D eigenvalue weighted by atomic mass is 16.2. The number of nitrogens with zero attached hydrogens (tertiary/aromatic N) is 1. The molecule has 0 radical (unpaired) electrons. The molecular formula is C11H19NO. The van der Waals surface area contributed by atoms with Crippen molar-refractivity contribution in [1.29, 1.82) is 0 Å². The molecule has 0 fully saturated rings. The van der Waals surface area contributed by atoms with E-state index in [4.69, 9.17) is 5.11 Å². The Hall–Kier alpha value is -0.600. The lowest BCUT2D eigenvalue weighted by Crippen LogP contribution is -2.33. The minimum atomic E-state index is 0.298. The Morgan fingerprint density at radius 1 is 1.77 bits per heavy atom. The van der Waals surface area contributed by atoms with E-state index in [0.29, 0.717) is 12.6 Å². The maximum atomic E-state index is 8.71. The van der Waals surface area contributed by atoms with Gasteiger partial charge in [0.05, 0.1) is 0 Å². The van der Waals surface area contributed by atoms with E-state index in [0.717, 1.165) is 25.8 Å². The highest BCUT2D eigenvalue weighted by molar-refractivity contribution is 5.15. The maximum Gasteiger partial charge on any atom is 0.0458 e. The number of aliphatic hydroxyl groups excluding tert-OH is 1. The fourth-order valence-corrected chi connectivity index (χ4v) is 1.68. The molecule has 0 aromatic rings. The topological polar surface area (TPSA) is 23.5 Å². The van der Waals surface area contributed by atoms with E-state index in [-0.39, 0.29) is 0 Å². The van der Waals surface area contributed by atoms with E-state index in [1.807, 2.05) is 6.08 Å². The molecule has 1 atom stereocenters. The van der Waals surface area contributed by atoms with Crippen LogP contribution in [0.2, 0.25) is 0 Å². The van der Waals surface area contributed by atoms with E-state index in [2.05, 4.69) is 24.6 Å². The Labute approximate surface area is 80.6 Å². The molecule has 13 heavy (non-hydrogen) atoms. The molecule has 0 bridgehead atoms. The standard InChI is InChI=1S/C11H19NO/c1-3-11-9-10(5-4-8-13)6-7-12(11)2/h3,9,11,13H,1,4-8H2,2H3. The van der Waals surface area contributed by atoms with Gasteiger partial charge in [-0.25, -0.2) is 0 Å². The van der Waals surface area contributed by atoms with E-state index in [1.165, 1.54) is 5.57 Å². The van der Waals surface area contributed by atoms with Crippen molar-refractivity contribution >= 4 is 0 Å². The molecule has 0 aliphatic carbocycles. The minimum Gasteiger partial charge on any atom is -0.396 e. The number of rotatable bonds is 4. The van der Waals surface area contributed by atoms with Crippen molar-refractivity contribution in [2.75, 3.05) is 20.2 Å². The number of hydrogen-bond acceptors (Lipinski definition) is 2. The van der Waals surface area contributed by atoms with Gasteiger partial charge in [-0.05, 0) is 26.3 Å². The highest BCUT2D eigenvalue weighted by Crippen LogP contribution is 2.19. The van der Waals surface area contributed by atoms with Gasteiger partial charge in [0.1, 0.15) is 0 Å². The molecule has 0 aromatic carbocycles. The molecule has 0 spiro atoms. The predicted molar refractivity (Wildman–Crippen MR) is 55.6 cm³/mol. The molecule has 1 unspecified atom stereocenters.